The highest BCUT2D eigenvalue weighted by atomic mass is 32.1. The molecule has 2 aliphatic heterocycles. The predicted molar refractivity (Wildman–Crippen MR) is 112 cm³/mol. The quantitative estimate of drug-likeness (QED) is 0.803. The van der Waals surface area contributed by atoms with Crippen LogP contribution in [0, 0.1) is 0 Å². The van der Waals surface area contributed by atoms with Crippen LogP contribution in [0.15, 0.2) is 41.8 Å². The van der Waals surface area contributed by atoms with Gasteiger partial charge in [-0.15, -0.1) is 11.3 Å². The molecule has 0 saturated carbocycles. The van der Waals surface area contributed by atoms with E-state index in [-0.39, 0.29) is 11.8 Å². The van der Waals surface area contributed by atoms with Crippen LogP contribution in [0.4, 0.5) is 5.69 Å². The minimum atomic E-state index is 0.0617. The summed E-state index contributed by atoms with van der Waals surface area (Å²) in [6.07, 6.45) is 0.941. The molecule has 6 nitrogen and oxygen atoms in total. The Bertz CT molecular complexity index is 816. The van der Waals surface area contributed by atoms with E-state index in [0.717, 1.165) is 44.8 Å². The van der Waals surface area contributed by atoms with Gasteiger partial charge < -0.3 is 10.2 Å². The smallest absolute Gasteiger partial charge is 0.241 e. The summed E-state index contributed by atoms with van der Waals surface area (Å²) in [6.45, 7) is 5.52. The Kier molecular flexibility index (Phi) is 6.04. The number of para-hydroxylation sites is 1. The van der Waals surface area contributed by atoms with Crippen LogP contribution in [0.2, 0.25) is 0 Å². The van der Waals surface area contributed by atoms with E-state index >= 15 is 0 Å². The maximum atomic E-state index is 12.7. The van der Waals surface area contributed by atoms with Gasteiger partial charge in [-0.05, 0) is 29.5 Å². The van der Waals surface area contributed by atoms with E-state index in [1.165, 1.54) is 10.4 Å². The summed E-state index contributed by atoms with van der Waals surface area (Å²) in [5.41, 5.74) is 2.32. The fourth-order valence-electron chi connectivity index (χ4n) is 3.84. The Balaban J connectivity index is 1.19. The molecule has 1 aromatic carbocycles. The van der Waals surface area contributed by atoms with E-state index in [1.807, 2.05) is 40.6 Å². The molecule has 0 aliphatic carbocycles. The molecule has 0 spiro atoms. The largest absolute Gasteiger partial charge is 0.350 e. The van der Waals surface area contributed by atoms with Crippen LogP contribution in [-0.2, 0) is 22.6 Å². The second-order valence-electron chi connectivity index (χ2n) is 7.33. The molecular formula is C21H26N4O2S. The monoisotopic (exact) mass is 398 g/mol. The Morgan fingerprint density at radius 3 is 2.43 bits per heavy atom. The van der Waals surface area contributed by atoms with Crippen LogP contribution >= 0.6 is 11.3 Å². The van der Waals surface area contributed by atoms with Gasteiger partial charge in [-0.3, -0.25) is 19.4 Å². The number of hydrogen-bond acceptors (Lipinski definition) is 5. The lowest BCUT2D eigenvalue weighted by Crippen LogP contribution is -2.51. The van der Waals surface area contributed by atoms with Crippen molar-refractivity contribution >= 4 is 28.8 Å². The number of piperazine rings is 1. The number of hydrogen-bond donors (Lipinski definition) is 1. The molecule has 0 unspecified atom stereocenters. The zero-order chi connectivity index (χ0) is 19.3. The van der Waals surface area contributed by atoms with E-state index < -0.39 is 0 Å². The Hall–Kier alpha value is -2.22. The molecule has 0 bridgehead atoms. The van der Waals surface area contributed by atoms with Gasteiger partial charge in [0.2, 0.25) is 11.8 Å². The molecular weight excluding hydrogens is 372 g/mol. The fraction of sp³-hybridized carbons (Fsp3) is 0.429. The first kappa shape index (κ1) is 19.1. The summed E-state index contributed by atoms with van der Waals surface area (Å²) in [5, 5.41) is 4.99. The number of rotatable bonds is 6. The van der Waals surface area contributed by atoms with Crippen molar-refractivity contribution in [3.63, 3.8) is 0 Å². The van der Waals surface area contributed by atoms with Gasteiger partial charge in [0.15, 0.2) is 0 Å². The second kappa shape index (κ2) is 8.86. The van der Waals surface area contributed by atoms with Gasteiger partial charge in [0, 0.05) is 43.3 Å². The number of carbonyl (C=O) groups is 2. The lowest BCUT2D eigenvalue weighted by atomic mass is 10.2. The molecule has 7 heteroatoms. The molecule has 2 aliphatic rings. The number of thiophene rings is 1. The van der Waals surface area contributed by atoms with E-state index in [1.54, 1.807) is 11.3 Å². The highest BCUT2D eigenvalue weighted by Gasteiger charge is 2.27. The summed E-state index contributed by atoms with van der Waals surface area (Å²) < 4.78 is 0. The third kappa shape index (κ3) is 4.60. The molecule has 28 heavy (non-hydrogen) atoms. The number of benzene rings is 1. The third-order valence-corrected chi connectivity index (χ3v) is 6.30. The van der Waals surface area contributed by atoms with Gasteiger partial charge in [-0.1, -0.05) is 24.3 Å². The summed E-state index contributed by atoms with van der Waals surface area (Å²) in [6, 6.07) is 12.2. The molecule has 148 valence electrons. The number of amides is 2. The average Bonchev–Trinajstić information content (AvgIpc) is 3.37. The summed E-state index contributed by atoms with van der Waals surface area (Å²) in [4.78, 5) is 32.3. The van der Waals surface area contributed by atoms with Gasteiger partial charge in [-0.2, -0.15) is 0 Å². The number of fused-ring (bicyclic) bond motifs is 1. The minimum absolute atomic E-state index is 0.0617. The fourth-order valence-corrected chi connectivity index (χ4v) is 4.48. The Morgan fingerprint density at radius 2 is 1.68 bits per heavy atom. The lowest BCUT2D eigenvalue weighted by molar-refractivity contribution is -0.124. The number of carbonyl (C=O) groups excluding carboxylic acids is 2. The van der Waals surface area contributed by atoms with E-state index in [9.17, 15) is 9.59 Å². The van der Waals surface area contributed by atoms with Crippen molar-refractivity contribution in [2.75, 3.05) is 50.7 Å². The van der Waals surface area contributed by atoms with Crippen LogP contribution in [0.5, 0.6) is 0 Å². The highest BCUT2D eigenvalue weighted by molar-refractivity contribution is 7.09. The number of anilines is 1. The molecule has 1 N–H and O–H groups in total. The highest BCUT2D eigenvalue weighted by Crippen LogP contribution is 2.27. The van der Waals surface area contributed by atoms with Crippen molar-refractivity contribution in [1.82, 2.24) is 15.1 Å². The SMILES string of the molecule is O=C(CN1CCN(CC(=O)N2CCc3ccccc32)CC1)NCc1cccs1. The first-order valence-electron chi connectivity index (χ1n) is 9.81. The molecule has 2 aromatic rings. The molecule has 3 heterocycles. The topological polar surface area (TPSA) is 55.9 Å². The van der Waals surface area contributed by atoms with Crippen LogP contribution in [0.1, 0.15) is 10.4 Å². The number of nitrogens with one attached hydrogen (secondary N) is 1. The Labute approximate surface area is 169 Å². The van der Waals surface area contributed by atoms with Crippen molar-refractivity contribution in [3.05, 3.63) is 52.2 Å². The van der Waals surface area contributed by atoms with Crippen LogP contribution < -0.4 is 10.2 Å². The summed E-state index contributed by atoms with van der Waals surface area (Å²) in [5.74, 6) is 0.235. The van der Waals surface area contributed by atoms with E-state index in [4.69, 9.17) is 0 Å². The third-order valence-electron chi connectivity index (χ3n) is 5.42. The maximum absolute atomic E-state index is 12.7. The predicted octanol–water partition coefficient (Wildman–Crippen LogP) is 1.57. The zero-order valence-electron chi connectivity index (χ0n) is 16.0. The van der Waals surface area contributed by atoms with Gasteiger partial charge in [0.05, 0.1) is 19.6 Å². The van der Waals surface area contributed by atoms with Crippen LogP contribution in [0.3, 0.4) is 0 Å². The lowest BCUT2D eigenvalue weighted by Gasteiger charge is -2.34. The maximum Gasteiger partial charge on any atom is 0.241 e. The summed E-state index contributed by atoms with van der Waals surface area (Å²) >= 11 is 1.65. The van der Waals surface area contributed by atoms with Crippen LogP contribution in [0.25, 0.3) is 0 Å². The number of nitrogens with zero attached hydrogens (tertiary/aromatic N) is 3. The average molecular weight is 399 g/mol. The van der Waals surface area contributed by atoms with Crippen molar-refractivity contribution < 1.29 is 9.59 Å². The molecule has 1 fully saturated rings. The standard InChI is InChI=1S/C21H26N4O2S/c26-20(22-14-18-5-3-13-28-18)15-23-9-11-24(12-10-23)16-21(27)25-8-7-17-4-1-2-6-19(17)25/h1-6,13H,7-12,14-16H2,(H,22,26). The first-order chi connectivity index (χ1) is 13.7. The normalized spacial score (nSPS) is 17.5. The van der Waals surface area contributed by atoms with Crippen molar-refractivity contribution in [2.24, 2.45) is 0 Å². The van der Waals surface area contributed by atoms with E-state index in [0.29, 0.717) is 19.6 Å². The molecule has 1 saturated heterocycles. The molecule has 1 aromatic heterocycles. The molecule has 2 amide bonds. The van der Waals surface area contributed by atoms with E-state index in [2.05, 4.69) is 21.2 Å². The second-order valence-corrected chi connectivity index (χ2v) is 8.36. The van der Waals surface area contributed by atoms with Gasteiger partial charge in [-0.25, -0.2) is 0 Å². The summed E-state index contributed by atoms with van der Waals surface area (Å²) in [7, 11) is 0. The molecule has 0 radical (unpaired) electrons. The van der Waals surface area contributed by atoms with Gasteiger partial charge in [0.1, 0.15) is 0 Å². The van der Waals surface area contributed by atoms with Crippen molar-refractivity contribution in [1.29, 1.82) is 0 Å². The minimum Gasteiger partial charge on any atom is -0.350 e. The van der Waals surface area contributed by atoms with Crippen LogP contribution in [-0.4, -0.2) is 67.4 Å². The molecule has 0 atom stereocenters. The Morgan fingerprint density at radius 1 is 0.929 bits per heavy atom. The zero-order valence-corrected chi connectivity index (χ0v) is 16.8. The van der Waals surface area contributed by atoms with Crippen molar-refractivity contribution in [2.45, 2.75) is 13.0 Å². The molecule has 4 rings (SSSR count). The first-order valence-corrected chi connectivity index (χ1v) is 10.7. The van der Waals surface area contributed by atoms with Gasteiger partial charge >= 0.3 is 0 Å². The van der Waals surface area contributed by atoms with Crippen molar-refractivity contribution in [3.8, 4) is 0 Å². The van der Waals surface area contributed by atoms with Gasteiger partial charge in [0.25, 0.3) is 0 Å².